The minimum Gasteiger partial charge on any atom is -0.855 e. The molecule has 6 heteroatoms. The standard InChI is InChI=1S/C2H5O.Ce.NO3/c1-2-3;;2-1(3)4/h2H2,1H3;;/q-1;;-1. The summed E-state index contributed by atoms with van der Waals surface area (Å²) in [7, 11) is 0. The Bertz CT molecular complexity index is 45.3. The number of rotatable bonds is 0. The quantitative estimate of drug-likeness (QED) is 0.411. The summed E-state index contributed by atoms with van der Waals surface area (Å²) in [5, 5.41) is 23.7. The van der Waals surface area contributed by atoms with Gasteiger partial charge in [-0.1, -0.05) is 6.92 Å². The molecule has 48 valence electrons. The van der Waals surface area contributed by atoms with Crippen LogP contribution in [0.3, 0.4) is 0 Å². The van der Waals surface area contributed by atoms with Crippen molar-refractivity contribution in [2.75, 3.05) is 6.61 Å². The predicted octanol–water partition coefficient (Wildman–Crippen LogP) is -0.872. The second-order valence-electron chi connectivity index (χ2n) is 0.512. The molecule has 8 heavy (non-hydrogen) atoms. The number of hydrogen-bond donors (Lipinski definition) is 0. The van der Waals surface area contributed by atoms with Crippen LogP contribution >= 0.6 is 0 Å². The molecule has 0 aliphatic rings. The summed E-state index contributed by atoms with van der Waals surface area (Å²) in [6, 6.07) is 0. The maximum Gasteiger partial charge on any atom is 0.0689 e. The van der Waals surface area contributed by atoms with Crippen LogP contribution in [0.2, 0.25) is 0 Å². The second kappa shape index (κ2) is 15.6. The monoisotopic (exact) mass is 247 g/mol. The topological polar surface area (TPSA) is 89.3 Å². The van der Waals surface area contributed by atoms with Gasteiger partial charge in [0.15, 0.2) is 0 Å². The molecule has 0 radical (unpaired) electrons. The average molecular weight is 247 g/mol. The second-order valence-corrected chi connectivity index (χ2v) is 0.512. The van der Waals surface area contributed by atoms with E-state index in [0.717, 1.165) is 0 Å². The fourth-order valence-corrected chi connectivity index (χ4v) is 0. The Balaban J connectivity index is -0.0000000575. The van der Waals surface area contributed by atoms with Gasteiger partial charge in [0.05, 0.1) is 5.09 Å². The largest absolute Gasteiger partial charge is 0.855 e. The summed E-state index contributed by atoms with van der Waals surface area (Å²) in [6.45, 7) is 1.57. The van der Waals surface area contributed by atoms with Crippen molar-refractivity contribution in [1.82, 2.24) is 0 Å². The van der Waals surface area contributed by atoms with Gasteiger partial charge in [0, 0.05) is 41.7 Å². The van der Waals surface area contributed by atoms with Crippen LogP contribution < -0.4 is 5.11 Å². The average Bonchev–Trinajstić information content (AvgIpc) is 1.33. The Morgan fingerprint density at radius 3 is 1.50 bits per heavy atom. The van der Waals surface area contributed by atoms with E-state index in [4.69, 9.17) is 20.4 Å². The summed E-state index contributed by atoms with van der Waals surface area (Å²) in [4.78, 5) is 8.25. The zero-order valence-electron chi connectivity index (χ0n) is 4.29. The van der Waals surface area contributed by atoms with Crippen LogP contribution in [-0.4, -0.2) is 11.7 Å². The smallest absolute Gasteiger partial charge is 0.0689 e. The van der Waals surface area contributed by atoms with Gasteiger partial charge in [0.2, 0.25) is 0 Å². The minimum atomic E-state index is -1.75. The zero-order chi connectivity index (χ0) is 6.28. The molecule has 0 aliphatic heterocycles. The van der Waals surface area contributed by atoms with Gasteiger partial charge in [-0.15, -0.1) is 6.61 Å². The molecule has 0 unspecified atom stereocenters. The van der Waals surface area contributed by atoms with Crippen LogP contribution in [0.15, 0.2) is 0 Å². The summed E-state index contributed by atoms with van der Waals surface area (Å²) in [5.74, 6) is 0. The first-order valence-corrected chi connectivity index (χ1v) is 1.54. The molecule has 0 saturated heterocycles. The summed E-state index contributed by atoms with van der Waals surface area (Å²) < 4.78 is 0. The van der Waals surface area contributed by atoms with Crippen molar-refractivity contribution in [3.05, 3.63) is 15.3 Å². The van der Waals surface area contributed by atoms with E-state index in [1.54, 1.807) is 6.92 Å². The third-order valence-corrected chi connectivity index (χ3v) is 0. The predicted molar refractivity (Wildman–Crippen MR) is 20.9 cm³/mol. The van der Waals surface area contributed by atoms with E-state index >= 15 is 0 Å². The Kier molecular flexibility index (Phi) is 30.9. The van der Waals surface area contributed by atoms with E-state index in [1.807, 2.05) is 0 Å². The first-order valence-electron chi connectivity index (χ1n) is 1.54. The Morgan fingerprint density at radius 2 is 1.50 bits per heavy atom. The van der Waals surface area contributed by atoms with E-state index in [2.05, 4.69) is 0 Å². The molecule has 0 aromatic rings. The number of nitrogens with zero attached hydrogens (tertiary/aromatic N) is 1. The van der Waals surface area contributed by atoms with E-state index in [9.17, 15) is 0 Å². The van der Waals surface area contributed by atoms with Crippen molar-refractivity contribution in [3.63, 3.8) is 0 Å². The molecular formula is C2H5CeNO4-2. The molecule has 0 spiro atoms. The molecular weight excluding hydrogens is 242 g/mol. The van der Waals surface area contributed by atoms with Gasteiger partial charge in [-0.05, 0) is 0 Å². The molecule has 0 amide bonds. The van der Waals surface area contributed by atoms with Crippen LogP contribution in [-0.2, 0) is 0 Å². The molecule has 5 nitrogen and oxygen atoms in total. The first-order chi connectivity index (χ1) is 3.15. The van der Waals surface area contributed by atoms with Crippen molar-refractivity contribution in [3.8, 4) is 0 Å². The zero-order valence-corrected chi connectivity index (χ0v) is 7.43. The van der Waals surface area contributed by atoms with Crippen molar-refractivity contribution < 1.29 is 51.9 Å². The van der Waals surface area contributed by atoms with Crippen molar-refractivity contribution in [2.45, 2.75) is 6.92 Å². The van der Waals surface area contributed by atoms with Crippen LogP contribution in [0.4, 0.5) is 0 Å². The summed E-state index contributed by atoms with van der Waals surface area (Å²) >= 11 is 0. The Labute approximate surface area is 80.2 Å². The van der Waals surface area contributed by atoms with Gasteiger partial charge in [0.1, 0.15) is 0 Å². The van der Waals surface area contributed by atoms with Crippen molar-refractivity contribution in [2.24, 2.45) is 0 Å². The van der Waals surface area contributed by atoms with Gasteiger partial charge >= 0.3 is 0 Å². The SMILES string of the molecule is CC[O-].O=[N+]([O-])[O-].[Ce]. The normalized spacial score (nSPS) is 5.25. The maximum atomic E-state index is 8.93. The molecule has 0 aromatic carbocycles. The fraction of sp³-hybridized carbons (Fsp3) is 1.00. The Morgan fingerprint density at radius 1 is 1.50 bits per heavy atom. The van der Waals surface area contributed by atoms with Crippen molar-refractivity contribution in [1.29, 1.82) is 0 Å². The van der Waals surface area contributed by atoms with Crippen LogP contribution in [0.5, 0.6) is 0 Å². The van der Waals surface area contributed by atoms with Gasteiger partial charge in [0.25, 0.3) is 0 Å². The summed E-state index contributed by atoms with van der Waals surface area (Å²) in [6.07, 6.45) is 0. The molecule has 0 heterocycles. The van der Waals surface area contributed by atoms with Crippen LogP contribution in [0.25, 0.3) is 0 Å². The number of hydrogen-bond acceptors (Lipinski definition) is 4. The Hall–Kier alpha value is 0.537. The minimum absolute atomic E-state index is 0. The van der Waals surface area contributed by atoms with Gasteiger partial charge < -0.3 is 20.4 Å². The fourth-order valence-electron chi connectivity index (χ4n) is 0. The maximum absolute atomic E-state index is 8.93. The molecule has 0 aliphatic carbocycles. The third-order valence-electron chi connectivity index (χ3n) is 0. The first kappa shape index (κ1) is 15.8. The molecule has 0 atom stereocenters. The molecule has 0 bridgehead atoms. The van der Waals surface area contributed by atoms with Crippen molar-refractivity contribution >= 4 is 0 Å². The molecule has 0 saturated carbocycles. The molecule has 0 aromatic heterocycles. The van der Waals surface area contributed by atoms with Gasteiger partial charge in [-0.25, -0.2) is 0 Å². The van der Waals surface area contributed by atoms with Crippen LogP contribution in [0.1, 0.15) is 6.92 Å². The van der Waals surface area contributed by atoms with E-state index in [0.29, 0.717) is 0 Å². The van der Waals surface area contributed by atoms with Gasteiger partial charge in [-0.3, -0.25) is 0 Å². The summed E-state index contributed by atoms with van der Waals surface area (Å²) in [5.41, 5.74) is 0. The molecule has 0 rings (SSSR count). The van der Waals surface area contributed by atoms with Gasteiger partial charge in [-0.2, -0.15) is 0 Å². The van der Waals surface area contributed by atoms with E-state index in [-0.39, 0.29) is 48.4 Å². The van der Waals surface area contributed by atoms with Crippen LogP contribution in [0, 0.1) is 57.1 Å². The third kappa shape index (κ3) is 696. The van der Waals surface area contributed by atoms with E-state index < -0.39 is 5.09 Å². The molecule has 0 N–H and O–H groups in total. The van der Waals surface area contributed by atoms with E-state index in [1.165, 1.54) is 0 Å². The molecule has 0 fully saturated rings.